The number of carbonyl (C=O) groups excluding carboxylic acids is 1. The van der Waals surface area contributed by atoms with Crippen molar-refractivity contribution in [2.24, 2.45) is 5.92 Å². The van der Waals surface area contributed by atoms with E-state index in [2.05, 4.69) is 10.0 Å². The van der Waals surface area contributed by atoms with Crippen molar-refractivity contribution in [3.8, 4) is 11.5 Å². The van der Waals surface area contributed by atoms with Crippen molar-refractivity contribution >= 4 is 21.9 Å². The van der Waals surface area contributed by atoms with E-state index in [1.54, 1.807) is 0 Å². The number of amides is 1. The van der Waals surface area contributed by atoms with Gasteiger partial charge in [0.1, 0.15) is 0 Å². The SMILES string of the molecule is CC(CNC(=O)CCNS(=O)(=O)c1ccc2c(c1)OCCCO2)C(=O)O. The summed E-state index contributed by atoms with van der Waals surface area (Å²) in [5.74, 6) is -1.29. The zero-order valence-corrected chi connectivity index (χ0v) is 15.2. The Bertz CT molecular complexity index is 764. The van der Waals surface area contributed by atoms with Crippen LogP contribution in [0.2, 0.25) is 0 Å². The van der Waals surface area contributed by atoms with Crippen LogP contribution in [-0.2, 0) is 19.6 Å². The van der Waals surface area contributed by atoms with E-state index in [0.717, 1.165) is 0 Å². The zero-order chi connectivity index (χ0) is 19.2. The van der Waals surface area contributed by atoms with Gasteiger partial charge in [-0.05, 0) is 12.1 Å². The van der Waals surface area contributed by atoms with E-state index >= 15 is 0 Å². The molecule has 0 fully saturated rings. The van der Waals surface area contributed by atoms with E-state index in [-0.39, 0.29) is 24.4 Å². The molecule has 2 rings (SSSR count). The van der Waals surface area contributed by atoms with Gasteiger partial charge >= 0.3 is 5.97 Å². The molecule has 0 radical (unpaired) electrons. The first kappa shape index (κ1) is 20.0. The molecule has 1 aromatic rings. The van der Waals surface area contributed by atoms with Crippen LogP contribution in [0.5, 0.6) is 11.5 Å². The second-order valence-electron chi connectivity index (χ2n) is 5.85. The van der Waals surface area contributed by atoms with Gasteiger partial charge in [-0.25, -0.2) is 13.1 Å². The van der Waals surface area contributed by atoms with Gasteiger partial charge in [0.2, 0.25) is 15.9 Å². The molecule has 1 aromatic carbocycles. The van der Waals surface area contributed by atoms with Crippen LogP contribution in [0.1, 0.15) is 19.8 Å². The Labute approximate surface area is 151 Å². The van der Waals surface area contributed by atoms with Crippen LogP contribution < -0.4 is 19.5 Å². The number of hydrogen-bond acceptors (Lipinski definition) is 6. The van der Waals surface area contributed by atoms with E-state index in [4.69, 9.17) is 14.6 Å². The number of carbonyl (C=O) groups is 2. The Morgan fingerprint density at radius 1 is 1.23 bits per heavy atom. The number of carboxylic acid groups (broad SMARTS) is 1. The third kappa shape index (κ3) is 5.60. The maximum atomic E-state index is 12.3. The van der Waals surface area contributed by atoms with Crippen LogP contribution in [0.3, 0.4) is 0 Å². The average Bonchev–Trinajstić information content (AvgIpc) is 2.84. The first-order chi connectivity index (χ1) is 12.3. The number of carboxylic acids is 1. The molecular weight excluding hydrogens is 364 g/mol. The molecule has 0 saturated carbocycles. The van der Waals surface area contributed by atoms with Crippen molar-refractivity contribution in [2.45, 2.75) is 24.7 Å². The van der Waals surface area contributed by atoms with Gasteiger partial charge in [-0.15, -0.1) is 0 Å². The van der Waals surface area contributed by atoms with Crippen molar-refractivity contribution in [3.05, 3.63) is 18.2 Å². The molecule has 0 aliphatic carbocycles. The molecule has 10 heteroatoms. The van der Waals surface area contributed by atoms with E-state index in [1.807, 2.05) is 0 Å². The quantitative estimate of drug-likeness (QED) is 0.587. The maximum Gasteiger partial charge on any atom is 0.308 e. The van der Waals surface area contributed by atoms with E-state index in [0.29, 0.717) is 31.1 Å². The largest absolute Gasteiger partial charge is 0.490 e. The van der Waals surface area contributed by atoms with Gasteiger partial charge in [-0.1, -0.05) is 6.92 Å². The fourth-order valence-corrected chi connectivity index (χ4v) is 3.18. The van der Waals surface area contributed by atoms with Crippen molar-refractivity contribution in [2.75, 3.05) is 26.3 Å². The number of nitrogens with one attached hydrogen (secondary N) is 2. The van der Waals surface area contributed by atoms with E-state index in [9.17, 15) is 18.0 Å². The Kier molecular flexibility index (Phi) is 6.81. The van der Waals surface area contributed by atoms with Crippen LogP contribution in [0.4, 0.5) is 0 Å². The number of rotatable bonds is 8. The van der Waals surface area contributed by atoms with Gasteiger partial charge in [0.15, 0.2) is 11.5 Å². The lowest BCUT2D eigenvalue weighted by Crippen LogP contribution is -2.34. The molecule has 3 N–H and O–H groups in total. The van der Waals surface area contributed by atoms with Gasteiger partial charge < -0.3 is 19.9 Å². The zero-order valence-electron chi connectivity index (χ0n) is 14.4. The summed E-state index contributed by atoms with van der Waals surface area (Å²) >= 11 is 0. The van der Waals surface area contributed by atoms with Crippen LogP contribution in [0, 0.1) is 5.92 Å². The molecule has 1 aliphatic heterocycles. The van der Waals surface area contributed by atoms with Crippen molar-refractivity contribution < 1.29 is 32.6 Å². The maximum absolute atomic E-state index is 12.3. The lowest BCUT2D eigenvalue weighted by Gasteiger charge is -2.11. The average molecular weight is 386 g/mol. The lowest BCUT2D eigenvalue weighted by molar-refractivity contribution is -0.141. The minimum Gasteiger partial charge on any atom is -0.490 e. The third-order valence-corrected chi connectivity index (χ3v) is 5.16. The molecule has 144 valence electrons. The molecule has 1 amide bonds. The van der Waals surface area contributed by atoms with Gasteiger partial charge in [0, 0.05) is 32.0 Å². The predicted molar refractivity (Wildman–Crippen MR) is 91.7 cm³/mol. The van der Waals surface area contributed by atoms with Gasteiger partial charge in [0.05, 0.1) is 24.0 Å². The predicted octanol–water partition coefficient (Wildman–Crippen LogP) is 0.353. The fourth-order valence-electron chi connectivity index (χ4n) is 2.14. The standard InChI is InChI=1S/C16H22N2O7S/c1-11(16(20)21)10-17-15(19)5-6-18-26(22,23)12-3-4-13-14(9-12)25-8-2-7-24-13/h3-4,9,11,18H,2,5-8,10H2,1H3,(H,17,19)(H,20,21). The van der Waals surface area contributed by atoms with Gasteiger partial charge in [-0.2, -0.15) is 0 Å². The highest BCUT2D eigenvalue weighted by Crippen LogP contribution is 2.31. The lowest BCUT2D eigenvalue weighted by atomic mass is 10.2. The second-order valence-corrected chi connectivity index (χ2v) is 7.62. The molecule has 0 spiro atoms. The molecule has 0 aromatic heterocycles. The Balaban J connectivity index is 1.88. The molecule has 1 unspecified atom stereocenters. The Morgan fingerprint density at radius 3 is 2.62 bits per heavy atom. The smallest absolute Gasteiger partial charge is 0.308 e. The molecule has 0 bridgehead atoms. The summed E-state index contributed by atoms with van der Waals surface area (Å²) in [6.07, 6.45) is 0.612. The minimum atomic E-state index is -3.81. The molecule has 0 saturated heterocycles. The molecule has 1 heterocycles. The Hall–Kier alpha value is -2.33. The number of sulfonamides is 1. The number of aliphatic carboxylic acids is 1. The third-order valence-electron chi connectivity index (χ3n) is 3.70. The summed E-state index contributed by atoms with van der Waals surface area (Å²) in [4.78, 5) is 22.3. The van der Waals surface area contributed by atoms with Gasteiger partial charge in [-0.3, -0.25) is 9.59 Å². The molecule has 9 nitrogen and oxygen atoms in total. The molecule has 1 aliphatic rings. The van der Waals surface area contributed by atoms with Crippen molar-refractivity contribution in [3.63, 3.8) is 0 Å². The van der Waals surface area contributed by atoms with Gasteiger partial charge in [0.25, 0.3) is 0 Å². The van der Waals surface area contributed by atoms with E-state index in [1.165, 1.54) is 25.1 Å². The molecule has 26 heavy (non-hydrogen) atoms. The van der Waals surface area contributed by atoms with Crippen LogP contribution >= 0.6 is 0 Å². The Morgan fingerprint density at radius 2 is 1.92 bits per heavy atom. The number of ether oxygens (including phenoxy) is 2. The number of fused-ring (bicyclic) bond motifs is 1. The topological polar surface area (TPSA) is 131 Å². The van der Waals surface area contributed by atoms with Crippen LogP contribution in [-0.4, -0.2) is 51.7 Å². The first-order valence-electron chi connectivity index (χ1n) is 8.18. The highest BCUT2D eigenvalue weighted by Gasteiger charge is 2.19. The van der Waals surface area contributed by atoms with Crippen molar-refractivity contribution in [1.29, 1.82) is 0 Å². The second kappa shape index (κ2) is 8.86. The summed E-state index contributed by atoms with van der Waals surface area (Å²) in [7, 11) is -3.81. The summed E-state index contributed by atoms with van der Waals surface area (Å²) < 4.78 is 37.9. The molecular formula is C16H22N2O7S. The highest BCUT2D eigenvalue weighted by atomic mass is 32.2. The fraction of sp³-hybridized carbons (Fsp3) is 0.500. The van der Waals surface area contributed by atoms with E-state index < -0.39 is 27.8 Å². The normalized spacial score (nSPS) is 15.0. The number of benzene rings is 1. The van der Waals surface area contributed by atoms with Crippen molar-refractivity contribution in [1.82, 2.24) is 10.0 Å². The monoisotopic (exact) mass is 386 g/mol. The number of hydrogen-bond donors (Lipinski definition) is 3. The highest BCUT2D eigenvalue weighted by molar-refractivity contribution is 7.89. The minimum absolute atomic E-state index is 0.0108. The summed E-state index contributed by atoms with van der Waals surface area (Å²) in [6.45, 7) is 2.30. The van der Waals surface area contributed by atoms with Crippen LogP contribution in [0.15, 0.2) is 23.1 Å². The van der Waals surface area contributed by atoms with Crippen LogP contribution in [0.25, 0.3) is 0 Å². The summed E-state index contributed by atoms with van der Waals surface area (Å²) in [5, 5.41) is 11.2. The molecule has 1 atom stereocenters. The summed E-state index contributed by atoms with van der Waals surface area (Å²) in [6, 6.07) is 4.33. The summed E-state index contributed by atoms with van der Waals surface area (Å²) in [5.41, 5.74) is 0. The first-order valence-corrected chi connectivity index (χ1v) is 9.67.